The van der Waals surface area contributed by atoms with Crippen molar-refractivity contribution in [2.45, 2.75) is 151 Å². The lowest BCUT2D eigenvalue weighted by Gasteiger charge is -2.41. The molecule has 27 heteroatoms. The van der Waals surface area contributed by atoms with Gasteiger partial charge in [0.25, 0.3) is 0 Å². The van der Waals surface area contributed by atoms with E-state index >= 15 is 14.4 Å². The molecule has 444 valence electrons. The number of hydrogen-bond acceptors (Lipinski definition) is 18. The van der Waals surface area contributed by atoms with Crippen LogP contribution in [0.15, 0.2) is 50.8 Å². The van der Waals surface area contributed by atoms with Gasteiger partial charge in [0, 0.05) is 72.8 Å². The van der Waals surface area contributed by atoms with E-state index in [0.717, 1.165) is 0 Å². The summed E-state index contributed by atoms with van der Waals surface area (Å²) in [4.78, 5) is 134. The third kappa shape index (κ3) is 12.4. The predicted molar refractivity (Wildman–Crippen MR) is 310 cm³/mol. The van der Waals surface area contributed by atoms with Gasteiger partial charge in [-0.05, 0) is 90.1 Å². The zero-order valence-electron chi connectivity index (χ0n) is 46.8. The molecule has 3 amide bonds. The molecule has 6 unspecified atom stereocenters. The van der Waals surface area contributed by atoms with Crippen molar-refractivity contribution in [3.05, 3.63) is 101 Å². The summed E-state index contributed by atoms with van der Waals surface area (Å²) in [5.41, 5.74) is -19.4. The maximum atomic E-state index is 15.8. The summed E-state index contributed by atoms with van der Waals surface area (Å²) in [7, 11) is 0. The van der Waals surface area contributed by atoms with E-state index in [4.69, 9.17) is 0 Å². The van der Waals surface area contributed by atoms with E-state index in [2.05, 4.69) is 53.8 Å². The number of anilines is 3. The van der Waals surface area contributed by atoms with Gasteiger partial charge in [-0.3, -0.25) is 14.4 Å². The number of aliphatic carboxylic acids is 3. The highest BCUT2D eigenvalue weighted by atomic mass is 32.1. The molecular formula is C54H72N6O18S3. The van der Waals surface area contributed by atoms with Gasteiger partial charge in [-0.1, -0.05) is 62.3 Å². The number of aliphatic hydroxyl groups is 3. The van der Waals surface area contributed by atoms with Crippen molar-refractivity contribution in [1.82, 2.24) is 13.7 Å². The standard InChI is InChI=1S/C54H72N6O18S3/c1-25-19-28(22-31(34(25)64)49(4,5)6)55-40(67)37(79)52(13-16-61,43(70)71)58-46(76)59(53(14-17-62,44(72)73)38(80)41(68)56-29-20-26(2)35(65)32(23-29)50(7,8)9)48(78)60(47(58)77)54(15-18-63,45(74)75)39(81)42(69)57-30-21-27(3)36(66)33(24-30)51(10,11)12/h19-24,37-39,61-66,79-81H,13-18H2,1-12H3,(H,55,67)(H,56,68)(H,57,69)(H,70,71)(H,72,73)(H,74,75). The van der Waals surface area contributed by atoms with Gasteiger partial charge in [0.15, 0.2) is 16.6 Å². The number of carboxylic acids is 3. The lowest BCUT2D eigenvalue weighted by Crippen LogP contribution is -2.75. The third-order valence-electron chi connectivity index (χ3n) is 14.2. The van der Waals surface area contributed by atoms with Crippen LogP contribution < -0.4 is 33.0 Å². The van der Waals surface area contributed by atoms with E-state index in [0.29, 0.717) is 0 Å². The second-order valence-corrected chi connectivity index (χ2v) is 24.5. The SMILES string of the molecule is Cc1cc(NC(=O)C(S)C(CCO)(C(=O)O)n2c(=O)n(C(CCO)(C(=O)O)C(S)C(=O)Nc3cc(C)c(O)c(C(C)(C)C)c3)c(=O)n(C(CCO)(C(=O)O)C(S)C(=O)Nc3cc(C)c(O)c(C(C)(C)C)c3)c2=O)cc(C(C)(C)C)c1O. The van der Waals surface area contributed by atoms with E-state index in [-0.39, 0.29) is 67.7 Å². The van der Waals surface area contributed by atoms with Crippen molar-refractivity contribution in [2.75, 3.05) is 35.8 Å². The molecule has 4 aromatic rings. The van der Waals surface area contributed by atoms with E-state index < -0.39 is 154 Å². The molecule has 0 radical (unpaired) electrons. The number of aliphatic hydroxyl groups excluding tert-OH is 3. The summed E-state index contributed by atoms with van der Waals surface area (Å²) in [6.45, 7) is 15.7. The van der Waals surface area contributed by atoms with Gasteiger partial charge in [-0.15, -0.1) is 0 Å². The van der Waals surface area contributed by atoms with Gasteiger partial charge in [-0.25, -0.2) is 42.5 Å². The number of aryl methyl sites for hydroxylation is 3. The Balaban J connectivity index is 2.33. The molecule has 0 aliphatic rings. The zero-order chi connectivity index (χ0) is 62.2. The van der Waals surface area contributed by atoms with E-state index in [1.54, 1.807) is 62.3 Å². The number of phenols is 3. The van der Waals surface area contributed by atoms with Crippen LogP contribution in [0.2, 0.25) is 0 Å². The molecule has 0 aliphatic heterocycles. The number of phenolic OH excluding ortho intramolecular Hbond substituents is 3. The quantitative estimate of drug-likeness (QED) is 0.0420. The molecule has 0 aliphatic carbocycles. The first kappa shape index (κ1) is 66.7. The van der Waals surface area contributed by atoms with Crippen LogP contribution in [0.25, 0.3) is 0 Å². The summed E-state index contributed by atoms with van der Waals surface area (Å²) in [5, 5.41) is 98.6. The molecule has 0 saturated heterocycles. The van der Waals surface area contributed by atoms with E-state index in [9.17, 15) is 74.7 Å². The van der Waals surface area contributed by atoms with Crippen LogP contribution in [-0.4, -0.2) is 131 Å². The summed E-state index contributed by atoms with van der Waals surface area (Å²) in [6.07, 6.45) is -4.29. The van der Waals surface area contributed by atoms with Crippen molar-refractivity contribution in [3.8, 4) is 17.2 Å². The van der Waals surface area contributed by atoms with Gasteiger partial charge >= 0.3 is 35.0 Å². The Bertz CT molecular complexity index is 2980. The number of aromatic nitrogens is 3. The van der Waals surface area contributed by atoms with Crippen molar-refractivity contribution >= 4 is 90.6 Å². The number of carbonyl (C=O) groups excluding carboxylic acids is 3. The van der Waals surface area contributed by atoms with Gasteiger partial charge in [0.05, 0.1) is 0 Å². The molecule has 4 rings (SSSR count). The van der Waals surface area contributed by atoms with Crippen LogP contribution in [0, 0.1) is 20.8 Å². The molecule has 24 nitrogen and oxygen atoms in total. The molecule has 3 aromatic carbocycles. The second kappa shape index (κ2) is 24.4. The normalized spacial score (nSPS) is 15.5. The smallest absolute Gasteiger partial charge is 0.338 e. The van der Waals surface area contributed by atoms with Gasteiger partial charge < -0.3 is 61.9 Å². The van der Waals surface area contributed by atoms with Crippen molar-refractivity contribution in [3.63, 3.8) is 0 Å². The Labute approximate surface area is 482 Å². The number of thiol groups is 3. The van der Waals surface area contributed by atoms with Gasteiger partial charge in [-0.2, -0.15) is 37.9 Å². The molecule has 0 spiro atoms. The van der Waals surface area contributed by atoms with Gasteiger partial charge in [0.1, 0.15) is 33.0 Å². The van der Waals surface area contributed by atoms with E-state index in [1.165, 1.54) is 57.2 Å². The Hall–Kier alpha value is -6.78. The maximum Gasteiger partial charge on any atom is 0.338 e. The molecule has 1 heterocycles. The summed E-state index contributed by atoms with van der Waals surface area (Å²) in [5.74, 6) is -12.1. The number of carbonyl (C=O) groups is 6. The molecule has 81 heavy (non-hydrogen) atoms. The molecule has 6 atom stereocenters. The van der Waals surface area contributed by atoms with Crippen LogP contribution in [0.1, 0.15) is 115 Å². The topological polar surface area (TPSA) is 387 Å². The Morgan fingerprint density at radius 2 is 0.630 bits per heavy atom. The molecular weight excluding hydrogens is 1120 g/mol. The Morgan fingerprint density at radius 1 is 0.432 bits per heavy atom. The maximum absolute atomic E-state index is 15.8. The zero-order valence-corrected chi connectivity index (χ0v) is 49.5. The average Bonchev–Trinajstić information content (AvgIpc) is 3.33. The lowest BCUT2D eigenvalue weighted by molar-refractivity contribution is -0.153. The summed E-state index contributed by atoms with van der Waals surface area (Å²) < 4.78 is -1.36. The second-order valence-electron chi connectivity index (χ2n) is 23.0. The lowest BCUT2D eigenvalue weighted by atomic mass is 9.84. The first-order valence-electron chi connectivity index (χ1n) is 25.2. The minimum Gasteiger partial charge on any atom is -0.507 e. The minimum absolute atomic E-state index is 0.122. The van der Waals surface area contributed by atoms with Gasteiger partial charge in [0.2, 0.25) is 17.7 Å². The average molecular weight is 1190 g/mol. The number of rotatable bonds is 21. The summed E-state index contributed by atoms with van der Waals surface area (Å²) >= 11 is 13.0. The number of nitrogens with one attached hydrogen (secondary N) is 3. The molecule has 0 fully saturated rings. The molecule has 0 saturated carbocycles. The number of amides is 3. The van der Waals surface area contributed by atoms with Crippen LogP contribution in [0.3, 0.4) is 0 Å². The van der Waals surface area contributed by atoms with Crippen molar-refractivity contribution in [1.29, 1.82) is 0 Å². The number of aromatic hydroxyl groups is 3. The number of carboxylic acid groups (broad SMARTS) is 3. The van der Waals surface area contributed by atoms with Crippen molar-refractivity contribution in [2.24, 2.45) is 0 Å². The summed E-state index contributed by atoms with van der Waals surface area (Å²) in [6, 6.07) is 7.69. The number of hydrogen-bond donors (Lipinski definition) is 15. The minimum atomic E-state index is -3.68. The fourth-order valence-corrected chi connectivity index (χ4v) is 11.0. The van der Waals surface area contributed by atoms with Crippen LogP contribution >= 0.6 is 37.9 Å². The highest BCUT2D eigenvalue weighted by Crippen LogP contribution is 2.41. The highest BCUT2D eigenvalue weighted by Gasteiger charge is 2.60. The molecule has 12 N–H and O–H groups in total. The Kier molecular flexibility index (Phi) is 20.1. The first-order valence-corrected chi connectivity index (χ1v) is 26.7. The van der Waals surface area contributed by atoms with Crippen molar-refractivity contribution < 1.29 is 74.7 Å². The van der Waals surface area contributed by atoms with Crippen LogP contribution in [0.4, 0.5) is 17.1 Å². The molecule has 1 aromatic heterocycles. The first-order chi connectivity index (χ1) is 37.1. The highest BCUT2D eigenvalue weighted by molar-refractivity contribution is 7.82. The molecule has 0 bridgehead atoms. The van der Waals surface area contributed by atoms with Crippen LogP contribution in [0.5, 0.6) is 17.2 Å². The fourth-order valence-electron chi connectivity index (χ4n) is 9.70. The van der Waals surface area contributed by atoms with Crippen LogP contribution in [-0.2, 0) is 61.6 Å². The predicted octanol–water partition coefficient (Wildman–Crippen LogP) is 3.40. The van der Waals surface area contributed by atoms with E-state index in [1.807, 2.05) is 0 Å². The third-order valence-corrected chi connectivity index (χ3v) is 16.1. The monoisotopic (exact) mass is 1190 g/mol. The number of benzene rings is 3. The number of nitrogens with zero attached hydrogens (tertiary/aromatic N) is 3. The Morgan fingerprint density at radius 3 is 0.790 bits per heavy atom. The largest absolute Gasteiger partial charge is 0.507 e. The fraction of sp³-hybridized carbons (Fsp3) is 0.500.